The molecule has 6 rings (SSSR count). The molecule has 0 radical (unpaired) electrons. The van der Waals surface area contributed by atoms with Crippen molar-refractivity contribution in [1.29, 1.82) is 0 Å². The van der Waals surface area contributed by atoms with Gasteiger partial charge in [0.2, 0.25) is 0 Å². The highest BCUT2D eigenvalue weighted by Gasteiger charge is 2.52. The molecular weight excluding hydrogens is 651 g/mol. The first kappa shape index (κ1) is 29.0. The molecule has 0 spiro atoms. The smallest absolute Gasteiger partial charge is 0.283 e. The minimum atomic E-state index is -0.657. The lowest BCUT2D eigenvalue weighted by molar-refractivity contribution is -0.308. The maximum absolute atomic E-state index is 14.4. The van der Waals surface area contributed by atoms with Crippen LogP contribution < -0.4 is 5.73 Å². The number of rotatable bonds is 6. The van der Waals surface area contributed by atoms with E-state index in [4.69, 9.17) is 42.9 Å². The van der Waals surface area contributed by atoms with Crippen molar-refractivity contribution in [1.82, 2.24) is 20.0 Å². The number of anilines is 1. The van der Waals surface area contributed by atoms with Crippen LogP contribution >= 0.6 is 39.3 Å². The second-order valence-corrected chi connectivity index (χ2v) is 12.0. The molecule has 4 aromatic rings. The third-order valence-electron chi connectivity index (χ3n) is 6.97. The average molecular weight is 674 g/mol. The Hall–Kier alpha value is -3.09. The van der Waals surface area contributed by atoms with E-state index in [0.717, 1.165) is 10.0 Å². The fraction of sp³-hybridized carbons (Fsp3) is 0.286. The number of fused-ring (bicyclic) bond motifs is 1. The molecular formula is C28H23BrClFN6O4S. The van der Waals surface area contributed by atoms with Gasteiger partial charge in [0, 0.05) is 23.1 Å². The molecule has 2 fully saturated rings. The van der Waals surface area contributed by atoms with E-state index in [9.17, 15) is 4.39 Å². The van der Waals surface area contributed by atoms with Gasteiger partial charge in [-0.1, -0.05) is 53.7 Å². The zero-order chi connectivity index (χ0) is 29.4. The van der Waals surface area contributed by atoms with Crippen molar-refractivity contribution in [2.75, 3.05) is 19.5 Å². The van der Waals surface area contributed by atoms with Crippen molar-refractivity contribution in [3.05, 3.63) is 93.2 Å². The predicted molar refractivity (Wildman–Crippen MR) is 157 cm³/mol. The standard InChI is InChI=1S/C28H23BrClFN6O4S/c1-33-26-21(10-16(29)11-34-26)42-28-25(38-2)23(24-20(40-28)13-39-27(41-24)14-6-4-3-5-7-14)37-12-19(35-36-37)15-8-17(31)22(30)18(32)9-15/h3-12,20,23-25,27-28H,13,32H2,2H3/t20?,23-,24-,25?,27?,28+/m0/s1. The summed E-state index contributed by atoms with van der Waals surface area (Å²) < 4.78 is 41.9. The number of nitrogens with zero attached hydrogens (tertiary/aromatic N) is 5. The van der Waals surface area contributed by atoms with Crippen LogP contribution in [0.5, 0.6) is 0 Å². The van der Waals surface area contributed by atoms with Crippen molar-refractivity contribution < 1.29 is 23.3 Å². The van der Waals surface area contributed by atoms with Gasteiger partial charge in [-0.15, -0.1) is 21.8 Å². The number of methoxy groups -OCH3 is 1. The number of aromatic nitrogens is 4. The molecule has 10 nitrogen and oxygen atoms in total. The van der Waals surface area contributed by atoms with Crippen LogP contribution in [0.15, 0.2) is 70.3 Å². The van der Waals surface area contributed by atoms with Crippen LogP contribution in [0.4, 0.5) is 15.9 Å². The molecule has 2 N–H and O–H groups in total. The molecule has 2 aromatic heterocycles. The number of nitrogen functional groups attached to an aromatic ring is 1. The Kier molecular flexibility index (Phi) is 8.46. The Morgan fingerprint density at radius 2 is 2.05 bits per heavy atom. The normalized spacial score (nSPS) is 25.5. The lowest BCUT2D eigenvalue weighted by Crippen LogP contribution is -2.59. The van der Waals surface area contributed by atoms with Gasteiger partial charge >= 0.3 is 0 Å². The average Bonchev–Trinajstić information content (AvgIpc) is 3.49. The van der Waals surface area contributed by atoms with Crippen LogP contribution in [-0.2, 0) is 18.9 Å². The summed E-state index contributed by atoms with van der Waals surface area (Å²) in [7, 11) is 1.57. The highest BCUT2D eigenvalue weighted by molar-refractivity contribution is 9.10. The molecule has 0 saturated carbocycles. The summed E-state index contributed by atoms with van der Waals surface area (Å²) in [4.78, 5) is 8.41. The zero-order valence-corrected chi connectivity index (χ0v) is 25.1. The van der Waals surface area contributed by atoms with Crippen molar-refractivity contribution in [2.45, 2.75) is 41.0 Å². The SMILES string of the molecule is [C-]#[N+]c1ncc(Br)cc1S[C@H]1OC2COC(c3ccccc3)O[C@@H]2[C@H](n2cc(-c3cc(N)c(Cl)c(F)c3)nn2)C1OC. The third-order valence-corrected chi connectivity index (χ3v) is 8.97. The number of thioether (sulfide) groups is 1. The van der Waals surface area contributed by atoms with E-state index in [1.165, 1.54) is 17.8 Å². The number of hydrogen-bond donors (Lipinski definition) is 1. The third kappa shape index (κ3) is 5.63. The van der Waals surface area contributed by atoms with Gasteiger partial charge in [0.25, 0.3) is 5.82 Å². The first-order chi connectivity index (χ1) is 20.4. The minimum absolute atomic E-state index is 0.0929. The predicted octanol–water partition coefficient (Wildman–Crippen LogP) is 6.22. The van der Waals surface area contributed by atoms with Gasteiger partial charge in [-0.05, 0) is 34.1 Å². The molecule has 0 bridgehead atoms. The Morgan fingerprint density at radius 3 is 2.79 bits per heavy atom. The summed E-state index contributed by atoms with van der Waals surface area (Å²) in [6, 6.07) is 13.7. The molecule has 2 aromatic carbocycles. The Bertz CT molecular complexity index is 1620. The Morgan fingerprint density at radius 1 is 1.24 bits per heavy atom. The highest BCUT2D eigenvalue weighted by Crippen LogP contribution is 2.46. The first-order valence-electron chi connectivity index (χ1n) is 12.7. The van der Waals surface area contributed by atoms with Crippen molar-refractivity contribution >= 4 is 50.8 Å². The van der Waals surface area contributed by atoms with Crippen molar-refractivity contribution in [3.63, 3.8) is 0 Å². The maximum atomic E-state index is 14.4. The maximum Gasteiger partial charge on any atom is 0.283 e. The number of halogens is 3. The molecule has 6 atom stereocenters. The van der Waals surface area contributed by atoms with Crippen LogP contribution in [0.3, 0.4) is 0 Å². The van der Waals surface area contributed by atoms with E-state index in [0.29, 0.717) is 16.2 Å². The first-order valence-corrected chi connectivity index (χ1v) is 14.8. The molecule has 4 heterocycles. The van der Waals surface area contributed by atoms with Crippen molar-refractivity contribution in [3.8, 4) is 11.3 Å². The van der Waals surface area contributed by atoms with E-state index in [1.807, 2.05) is 36.4 Å². The fourth-order valence-electron chi connectivity index (χ4n) is 5.02. The number of pyridine rings is 1. The molecule has 14 heteroatoms. The van der Waals surface area contributed by atoms with Gasteiger partial charge < -0.3 is 29.5 Å². The summed E-state index contributed by atoms with van der Waals surface area (Å²) in [6.45, 7) is 7.81. The molecule has 2 aliphatic heterocycles. The second-order valence-electron chi connectivity index (χ2n) is 9.56. The van der Waals surface area contributed by atoms with E-state index < -0.39 is 41.9 Å². The van der Waals surface area contributed by atoms with Gasteiger partial charge in [0.1, 0.15) is 47.5 Å². The molecule has 216 valence electrons. The number of ether oxygens (including phenoxy) is 4. The summed E-state index contributed by atoms with van der Waals surface area (Å²) in [5, 5.41) is 8.57. The molecule has 2 saturated heterocycles. The van der Waals surface area contributed by atoms with E-state index in [-0.39, 0.29) is 23.1 Å². The second kappa shape index (κ2) is 12.3. The topological polar surface area (TPSA) is 111 Å². The van der Waals surface area contributed by atoms with E-state index >= 15 is 0 Å². The summed E-state index contributed by atoms with van der Waals surface area (Å²) >= 11 is 10.7. The van der Waals surface area contributed by atoms with Gasteiger partial charge in [0.15, 0.2) is 6.29 Å². The zero-order valence-electron chi connectivity index (χ0n) is 21.9. The highest BCUT2D eigenvalue weighted by atomic mass is 79.9. The van der Waals surface area contributed by atoms with Crippen molar-refractivity contribution in [2.24, 2.45) is 0 Å². The molecule has 0 aliphatic carbocycles. The van der Waals surface area contributed by atoms with Gasteiger partial charge in [-0.2, -0.15) is 0 Å². The Balaban J connectivity index is 1.39. The largest absolute Gasteiger partial charge is 0.397 e. The number of hydrogen-bond acceptors (Lipinski definition) is 9. The number of benzene rings is 2. The van der Waals surface area contributed by atoms with Crippen LogP contribution in [0.1, 0.15) is 17.9 Å². The quantitative estimate of drug-likeness (QED) is 0.189. The number of nitrogens with two attached hydrogens (primary N) is 1. The Labute approximate surface area is 258 Å². The summed E-state index contributed by atoms with van der Waals surface area (Å²) in [5.74, 6) is -0.415. The van der Waals surface area contributed by atoms with E-state index in [1.54, 1.807) is 30.3 Å². The van der Waals surface area contributed by atoms with Gasteiger partial charge in [-0.3, -0.25) is 0 Å². The van der Waals surface area contributed by atoms with Crippen LogP contribution in [0.2, 0.25) is 5.02 Å². The fourth-order valence-corrected chi connectivity index (χ4v) is 6.86. The molecule has 0 amide bonds. The van der Waals surface area contributed by atoms with Gasteiger partial charge in [-0.25, -0.2) is 9.07 Å². The van der Waals surface area contributed by atoms with Crippen LogP contribution in [0.25, 0.3) is 16.1 Å². The summed E-state index contributed by atoms with van der Waals surface area (Å²) in [6.07, 6.45) is 0.924. The lowest BCUT2D eigenvalue weighted by Gasteiger charge is -2.48. The van der Waals surface area contributed by atoms with Crippen LogP contribution in [0, 0.1) is 12.4 Å². The molecule has 3 unspecified atom stereocenters. The van der Waals surface area contributed by atoms with Crippen LogP contribution in [-0.4, -0.2) is 57.4 Å². The monoisotopic (exact) mass is 672 g/mol. The minimum Gasteiger partial charge on any atom is -0.397 e. The summed E-state index contributed by atoms with van der Waals surface area (Å²) in [5.41, 5.74) is 7.06. The molecule has 2 aliphatic rings. The van der Waals surface area contributed by atoms with Gasteiger partial charge in [0.05, 0.1) is 28.0 Å². The van der Waals surface area contributed by atoms with E-state index in [2.05, 4.69) is 36.1 Å². The lowest BCUT2D eigenvalue weighted by atomic mass is 9.95. The molecule has 42 heavy (non-hydrogen) atoms.